The molecule has 3 aromatic rings. The van der Waals surface area contributed by atoms with Crippen molar-refractivity contribution >= 4 is 34.0 Å². The van der Waals surface area contributed by atoms with Crippen LogP contribution in [0.25, 0.3) is 0 Å². The van der Waals surface area contributed by atoms with Crippen LogP contribution >= 0.6 is 23.1 Å². The summed E-state index contributed by atoms with van der Waals surface area (Å²) in [5, 5.41) is 22.6. The second-order valence-electron chi connectivity index (χ2n) is 10.4. The van der Waals surface area contributed by atoms with Crippen molar-refractivity contribution in [1.82, 2.24) is 14.8 Å². The number of ether oxygens (including phenoxy) is 1. The largest absolute Gasteiger partial charge is 0.485 e. The minimum atomic E-state index is -0.151. The number of thioether (sulfide) groups is 1. The lowest BCUT2D eigenvalue weighted by molar-refractivity contribution is -0.113. The summed E-state index contributed by atoms with van der Waals surface area (Å²) in [7, 11) is 1.87. The number of benzene rings is 1. The molecular weight excluding hydrogens is 502 g/mol. The molecule has 4 rings (SSSR count). The summed E-state index contributed by atoms with van der Waals surface area (Å²) >= 11 is 2.89. The highest BCUT2D eigenvalue weighted by Gasteiger charge is 2.34. The maximum atomic E-state index is 12.8. The van der Waals surface area contributed by atoms with Crippen molar-refractivity contribution in [3.05, 3.63) is 51.2 Å². The summed E-state index contributed by atoms with van der Waals surface area (Å²) < 4.78 is 7.81. The van der Waals surface area contributed by atoms with Gasteiger partial charge >= 0.3 is 0 Å². The van der Waals surface area contributed by atoms with Gasteiger partial charge in [0.25, 0.3) is 0 Å². The van der Waals surface area contributed by atoms with Crippen LogP contribution in [-0.2, 0) is 31.3 Å². The lowest BCUT2D eigenvalue weighted by Gasteiger charge is -2.36. The number of hydrogen-bond acceptors (Lipinski definition) is 7. The van der Waals surface area contributed by atoms with E-state index in [1.807, 2.05) is 30.7 Å². The third-order valence-corrected chi connectivity index (χ3v) is 10.0. The third kappa shape index (κ3) is 5.86. The molecule has 0 spiro atoms. The highest BCUT2D eigenvalue weighted by atomic mass is 32.2. The van der Waals surface area contributed by atoms with Gasteiger partial charge < -0.3 is 14.6 Å². The van der Waals surface area contributed by atoms with Crippen molar-refractivity contribution in [2.45, 2.75) is 72.1 Å². The average molecular weight is 538 g/mol. The lowest BCUT2D eigenvalue weighted by Crippen LogP contribution is -2.28. The number of amides is 1. The number of fused-ring (bicyclic) bond motifs is 1. The van der Waals surface area contributed by atoms with E-state index in [-0.39, 0.29) is 17.1 Å². The van der Waals surface area contributed by atoms with Gasteiger partial charge in [-0.3, -0.25) is 4.79 Å². The number of aryl methyl sites for hydroxylation is 1. The zero-order valence-corrected chi connectivity index (χ0v) is 24.1. The second kappa shape index (κ2) is 11.3. The molecule has 1 unspecified atom stereocenters. The van der Waals surface area contributed by atoms with E-state index in [1.165, 1.54) is 22.2 Å². The van der Waals surface area contributed by atoms with Crippen molar-refractivity contribution in [3.63, 3.8) is 0 Å². The minimum Gasteiger partial charge on any atom is -0.485 e. The van der Waals surface area contributed by atoms with E-state index in [0.29, 0.717) is 34.1 Å². The van der Waals surface area contributed by atoms with Crippen molar-refractivity contribution < 1.29 is 9.53 Å². The molecule has 0 bridgehead atoms. The van der Waals surface area contributed by atoms with Crippen molar-refractivity contribution in [3.8, 4) is 11.8 Å². The van der Waals surface area contributed by atoms with Gasteiger partial charge in [-0.1, -0.05) is 51.1 Å². The van der Waals surface area contributed by atoms with Gasteiger partial charge in [0.2, 0.25) is 5.91 Å². The van der Waals surface area contributed by atoms with Crippen LogP contribution in [0.3, 0.4) is 0 Å². The monoisotopic (exact) mass is 537 g/mol. The first kappa shape index (κ1) is 27.2. The lowest BCUT2D eigenvalue weighted by atomic mass is 9.69. The molecule has 0 saturated heterocycles. The van der Waals surface area contributed by atoms with E-state index in [4.69, 9.17) is 4.74 Å². The van der Waals surface area contributed by atoms with E-state index in [1.54, 1.807) is 11.3 Å². The number of anilines is 1. The highest BCUT2D eigenvalue weighted by molar-refractivity contribution is 7.99. The van der Waals surface area contributed by atoms with Crippen molar-refractivity contribution in [2.24, 2.45) is 18.4 Å². The van der Waals surface area contributed by atoms with Gasteiger partial charge in [-0.25, -0.2) is 0 Å². The summed E-state index contributed by atoms with van der Waals surface area (Å²) in [6, 6.07) is 8.32. The normalized spacial score (nSPS) is 15.2. The Bertz CT molecular complexity index is 1340. The maximum absolute atomic E-state index is 12.8. The van der Waals surface area contributed by atoms with Crippen LogP contribution < -0.4 is 10.1 Å². The Morgan fingerprint density at radius 2 is 2.14 bits per heavy atom. The zero-order valence-electron chi connectivity index (χ0n) is 22.5. The molecule has 0 saturated carbocycles. The third-order valence-electron chi connectivity index (χ3n) is 7.82. The molecule has 2 aromatic heterocycles. The molecule has 0 radical (unpaired) electrons. The summed E-state index contributed by atoms with van der Waals surface area (Å²) in [5.41, 5.74) is 4.31. The van der Waals surface area contributed by atoms with Crippen LogP contribution in [-0.4, -0.2) is 26.4 Å². The summed E-state index contributed by atoms with van der Waals surface area (Å²) in [4.78, 5) is 14.1. The van der Waals surface area contributed by atoms with Crippen LogP contribution in [0.15, 0.2) is 23.4 Å². The summed E-state index contributed by atoms with van der Waals surface area (Å²) in [6.45, 7) is 11.3. The number of carbonyl (C=O) groups excluding carboxylic acids is 1. The van der Waals surface area contributed by atoms with E-state index >= 15 is 0 Å². The fourth-order valence-electron chi connectivity index (χ4n) is 4.66. The molecule has 1 aliphatic carbocycles. The first-order valence-corrected chi connectivity index (χ1v) is 14.5. The Morgan fingerprint density at radius 1 is 1.35 bits per heavy atom. The van der Waals surface area contributed by atoms with Crippen molar-refractivity contribution in [2.75, 3.05) is 11.1 Å². The van der Waals surface area contributed by atoms with Crippen molar-refractivity contribution in [1.29, 1.82) is 5.26 Å². The summed E-state index contributed by atoms with van der Waals surface area (Å²) in [5.74, 6) is 2.14. The number of carbonyl (C=O) groups is 1. The second-order valence-corrected chi connectivity index (χ2v) is 12.4. The smallest absolute Gasteiger partial charge is 0.235 e. The molecule has 0 fully saturated rings. The molecule has 37 heavy (non-hydrogen) atoms. The predicted octanol–water partition coefficient (Wildman–Crippen LogP) is 6.22. The molecule has 0 aliphatic heterocycles. The van der Waals surface area contributed by atoms with Crippen LogP contribution in [0.5, 0.6) is 5.75 Å². The first-order valence-electron chi connectivity index (χ1n) is 12.7. The van der Waals surface area contributed by atoms with Crippen LogP contribution in [0, 0.1) is 36.5 Å². The molecule has 9 heteroatoms. The van der Waals surface area contributed by atoms with Gasteiger partial charge in [0.1, 0.15) is 23.4 Å². The number of rotatable bonds is 9. The fourth-order valence-corrected chi connectivity index (χ4v) is 6.68. The SMILES string of the molecule is CCC(C)(C)C1CCc2c(sc(NC(=O)CSc3nnc(COc4cccc(C)c4C)n3C)c2C#N)C1. The molecule has 2 heterocycles. The standard InChI is InChI=1S/C28H35N5O2S2/c1-7-28(4,5)19-11-12-20-21(14-29)26(37-23(20)13-19)30-25(34)16-36-27-32-31-24(33(27)6)15-35-22-10-8-9-17(2)18(22)3/h8-10,19H,7,11-13,15-16H2,1-6H3,(H,30,34). The molecule has 1 aromatic carbocycles. The Balaban J connectivity index is 1.36. The van der Waals surface area contributed by atoms with Gasteiger partial charge in [0.05, 0.1) is 11.3 Å². The molecule has 1 N–H and O–H groups in total. The average Bonchev–Trinajstić information content (AvgIpc) is 3.41. The molecule has 7 nitrogen and oxygen atoms in total. The Kier molecular flexibility index (Phi) is 8.29. The molecule has 196 valence electrons. The van der Waals surface area contributed by atoms with E-state index in [0.717, 1.165) is 42.6 Å². The minimum absolute atomic E-state index is 0.151. The van der Waals surface area contributed by atoms with Gasteiger partial charge in [-0.2, -0.15) is 5.26 Å². The van der Waals surface area contributed by atoms with Crippen LogP contribution in [0.2, 0.25) is 0 Å². The Labute approximate surface area is 227 Å². The van der Waals surface area contributed by atoms with Gasteiger partial charge in [-0.15, -0.1) is 21.5 Å². The molecule has 1 amide bonds. The number of nitrogens with zero attached hydrogens (tertiary/aromatic N) is 4. The fraction of sp³-hybridized carbons (Fsp3) is 0.500. The molecule has 1 aliphatic rings. The number of nitriles is 1. The summed E-state index contributed by atoms with van der Waals surface area (Å²) in [6.07, 6.45) is 4.10. The van der Waals surface area contributed by atoms with Gasteiger partial charge in [-0.05, 0) is 67.2 Å². The maximum Gasteiger partial charge on any atom is 0.235 e. The molecular formula is C28H35N5O2S2. The van der Waals surface area contributed by atoms with Gasteiger partial charge in [0.15, 0.2) is 11.0 Å². The van der Waals surface area contributed by atoms with E-state index in [2.05, 4.69) is 55.3 Å². The Morgan fingerprint density at radius 3 is 2.86 bits per heavy atom. The number of hydrogen-bond donors (Lipinski definition) is 1. The van der Waals surface area contributed by atoms with Crippen LogP contribution in [0.4, 0.5) is 5.00 Å². The van der Waals surface area contributed by atoms with Crippen LogP contribution in [0.1, 0.15) is 66.6 Å². The highest BCUT2D eigenvalue weighted by Crippen LogP contribution is 2.45. The quantitative estimate of drug-likeness (QED) is 0.326. The first-order chi connectivity index (χ1) is 17.6. The number of aromatic nitrogens is 3. The van der Waals surface area contributed by atoms with E-state index < -0.39 is 0 Å². The van der Waals surface area contributed by atoms with Gasteiger partial charge in [0, 0.05) is 11.9 Å². The predicted molar refractivity (Wildman–Crippen MR) is 149 cm³/mol. The topological polar surface area (TPSA) is 92.8 Å². The number of thiophene rings is 1. The molecule has 1 atom stereocenters. The Hall–Kier alpha value is -2.83. The zero-order chi connectivity index (χ0) is 26.7. The number of nitrogens with one attached hydrogen (secondary N) is 1. The van der Waals surface area contributed by atoms with E-state index in [9.17, 15) is 10.1 Å².